The molecule has 0 fully saturated rings. The molecular formula is C12H8ClIN2O2. The maximum Gasteiger partial charge on any atom is 0.272 e. The van der Waals surface area contributed by atoms with Crippen molar-refractivity contribution in [2.24, 2.45) is 5.10 Å². The summed E-state index contributed by atoms with van der Waals surface area (Å²) >= 11 is 7.93. The van der Waals surface area contributed by atoms with Gasteiger partial charge in [0.1, 0.15) is 5.76 Å². The van der Waals surface area contributed by atoms with Crippen LogP contribution in [0.2, 0.25) is 5.02 Å². The zero-order chi connectivity index (χ0) is 13.0. The van der Waals surface area contributed by atoms with Gasteiger partial charge < -0.3 is 4.42 Å². The van der Waals surface area contributed by atoms with Gasteiger partial charge in [0, 0.05) is 0 Å². The summed E-state index contributed by atoms with van der Waals surface area (Å²) in [5.74, 6) is 0.206. The van der Waals surface area contributed by atoms with E-state index in [1.807, 2.05) is 22.6 Å². The molecule has 1 N–H and O–H groups in total. The summed E-state index contributed by atoms with van der Waals surface area (Å²) in [4.78, 5) is 11.7. The molecule has 0 spiro atoms. The number of hydrogen-bond donors (Lipinski definition) is 1. The van der Waals surface area contributed by atoms with Crippen LogP contribution >= 0.6 is 34.2 Å². The Labute approximate surface area is 122 Å². The highest BCUT2D eigenvalue weighted by Crippen LogP contribution is 2.14. The SMILES string of the molecule is O=C(N/N=C\c1ccc(I)o1)c1ccccc1Cl. The molecule has 0 aliphatic heterocycles. The topological polar surface area (TPSA) is 54.6 Å². The van der Waals surface area contributed by atoms with Gasteiger partial charge in [0.05, 0.1) is 16.8 Å². The van der Waals surface area contributed by atoms with Gasteiger partial charge in [-0.2, -0.15) is 5.10 Å². The van der Waals surface area contributed by atoms with Crippen LogP contribution < -0.4 is 5.43 Å². The number of furan rings is 1. The standard InChI is InChI=1S/C12H8ClIN2O2/c13-10-4-2-1-3-9(10)12(17)16-15-7-8-5-6-11(14)18-8/h1-7H,(H,16,17)/b15-7-. The van der Waals surface area contributed by atoms with Gasteiger partial charge in [-0.15, -0.1) is 0 Å². The molecule has 0 aliphatic carbocycles. The lowest BCUT2D eigenvalue weighted by atomic mass is 10.2. The van der Waals surface area contributed by atoms with Crippen molar-refractivity contribution in [3.05, 3.63) is 56.5 Å². The lowest BCUT2D eigenvalue weighted by molar-refractivity contribution is 0.0955. The summed E-state index contributed by atoms with van der Waals surface area (Å²) in [6.45, 7) is 0. The van der Waals surface area contributed by atoms with Gasteiger partial charge in [-0.25, -0.2) is 5.43 Å². The largest absolute Gasteiger partial charge is 0.449 e. The van der Waals surface area contributed by atoms with E-state index in [4.69, 9.17) is 16.0 Å². The van der Waals surface area contributed by atoms with E-state index in [-0.39, 0.29) is 5.91 Å². The van der Waals surface area contributed by atoms with Crippen molar-refractivity contribution in [2.75, 3.05) is 0 Å². The molecule has 2 rings (SSSR count). The van der Waals surface area contributed by atoms with E-state index < -0.39 is 0 Å². The van der Waals surface area contributed by atoms with E-state index in [0.29, 0.717) is 16.3 Å². The molecule has 0 radical (unpaired) electrons. The van der Waals surface area contributed by atoms with Crippen LogP contribution in [0.5, 0.6) is 0 Å². The predicted octanol–water partition coefficient (Wildman–Crippen LogP) is 3.30. The Morgan fingerprint density at radius 2 is 2.11 bits per heavy atom. The molecule has 4 nitrogen and oxygen atoms in total. The van der Waals surface area contributed by atoms with E-state index in [9.17, 15) is 4.79 Å². The first-order valence-electron chi connectivity index (χ1n) is 5.00. The third-order valence-corrected chi connectivity index (χ3v) is 2.98. The summed E-state index contributed by atoms with van der Waals surface area (Å²) in [7, 11) is 0. The van der Waals surface area contributed by atoms with Crippen LogP contribution in [0.3, 0.4) is 0 Å². The molecule has 1 aromatic carbocycles. The Morgan fingerprint density at radius 3 is 2.78 bits per heavy atom. The van der Waals surface area contributed by atoms with E-state index in [1.165, 1.54) is 6.21 Å². The molecule has 0 unspecified atom stereocenters. The lowest BCUT2D eigenvalue weighted by Crippen LogP contribution is -2.17. The Bertz CT molecular complexity index is 595. The van der Waals surface area contributed by atoms with Crippen LogP contribution in [0.25, 0.3) is 0 Å². The van der Waals surface area contributed by atoms with E-state index in [2.05, 4.69) is 10.5 Å². The zero-order valence-electron chi connectivity index (χ0n) is 9.06. The summed E-state index contributed by atoms with van der Waals surface area (Å²) < 4.78 is 6.01. The third kappa shape index (κ3) is 3.33. The molecule has 1 amide bonds. The lowest BCUT2D eigenvalue weighted by Gasteiger charge is -2.00. The average Bonchev–Trinajstić information content (AvgIpc) is 2.75. The molecular weight excluding hydrogens is 367 g/mol. The third-order valence-electron chi connectivity index (χ3n) is 2.07. The van der Waals surface area contributed by atoms with Crippen molar-refractivity contribution in [3.8, 4) is 0 Å². The minimum atomic E-state index is -0.363. The molecule has 1 heterocycles. The molecule has 0 bridgehead atoms. The molecule has 2 aromatic rings. The fourth-order valence-electron chi connectivity index (χ4n) is 1.26. The first kappa shape index (κ1) is 13.1. The number of carbonyl (C=O) groups is 1. The normalized spacial score (nSPS) is 10.8. The number of carbonyl (C=O) groups excluding carboxylic acids is 1. The van der Waals surface area contributed by atoms with E-state index in [0.717, 1.165) is 3.77 Å². The van der Waals surface area contributed by atoms with Crippen molar-refractivity contribution in [2.45, 2.75) is 0 Å². The highest BCUT2D eigenvalue weighted by molar-refractivity contribution is 14.1. The van der Waals surface area contributed by atoms with Crippen molar-refractivity contribution in [1.82, 2.24) is 5.43 Å². The number of halogens is 2. The van der Waals surface area contributed by atoms with Crippen LogP contribution in [0.1, 0.15) is 16.1 Å². The van der Waals surface area contributed by atoms with Gasteiger partial charge in [-0.05, 0) is 46.9 Å². The first-order valence-corrected chi connectivity index (χ1v) is 6.46. The van der Waals surface area contributed by atoms with Gasteiger partial charge in [-0.1, -0.05) is 23.7 Å². The molecule has 1 aromatic heterocycles. The van der Waals surface area contributed by atoms with Crippen LogP contribution in [-0.2, 0) is 0 Å². The van der Waals surface area contributed by atoms with Crippen LogP contribution in [0.4, 0.5) is 0 Å². The molecule has 0 saturated carbocycles. The number of benzene rings is 1. The smallest absolute Gasteiger partial charge is 0.272 e. The van der Waals surface area contributed by atoms with Crippen molar-refractivity contribution >= 4 is 46.3 Å². The molecule has 0 atom stereocenters. The number of rotatable bonds is 3. The van der Waals surface area contributed by atoms with Crippen LogP contribution in [0.15, 0.2) is 45.9 Å². The quantitative estimate of drug-likeness (QED) is 0.509. The summed E-state index contributed by atoms with van der Waals surface area (Å²) in [5.41, 5.74) is 2.76. The Kier molecular flexibility index (Phi) is 4.38. The Hall–Kier alpha value is -1.34. The predicted molar refractivity (Wildman–Crippen MR) is 77.9 cm³/mol. The summed E-state index contributed by atoms with van der Waals surface area (Å²) in [6.07, 6.45) is 1.43. The van der Waals surface area contributed by atoms with Crippen LogP contribution in [0, 0.1) is 3.77 Å². The highest BCUT2D eigenvalue weighted by Gasteiger charge is 2.07. The van der Waals surface area contributed by atoms with Gasteiger partial charge in [0.15, 0.2) is 3.77 Å². The van der Waals surface area contributed by atoms with Crippen molar-refractivity contribution in [3.63, 3.8) is 0 Å². The molecule has 0 aliphatic rings. The monoisotopic (exact) mass is 374 g/mol. The minimum Gasteiger partial charge on any atom is -0.449 e. The maximum atomic E-state index is 11.7. The van der Waals surface area contributed by atoms with Gasteiger partial charge in [0.2, 0.25) is 0 Å². The molecule has 6 heteroatoms. The Morgan fingerprint density at radius 1 is 1.33 bits per heavy atom. The minimum absolute atomic E-state index is 0.363. The number of hydrazone groups is 1. The molecule has 18 heavy (non-hydrogen) atoms. The van der Waals surface area contributed by atoms with Gasteiger partial charge in [0.25, 0.3) is 5.91 Å². The number of amides is 1. The zero-order valence-corrected chi connectivity index (χ0v) is 12.0. The number of nitrogens with one attached hydrogen (secondary N) is 1. The van der Waals surface area contributed by atoms with Crippen molar-refractivity contribution in [1.29, 1.82) is 0 Å². The molecule has 92 valence electrons. The fourth-order valence-corrected chi connectivity index (χ4v) is 1.91. The molecule has 0 saturated heterocycles. The number of hydrogen-bond acceptors (Lipinski definition) is 3. The average molecular weight is 375 g/mol. The Balaban J connectivity index is 2.01. The first-order chi connectivity index (χ1) is 8.66. The maximum absolute atomic E-state index is 11.7. The van der Waals surface area contributed by atoms with Gasteiger partial charge in [-0.3, -0.25) is 4.79 Å². The van der Waals surface area contributed by atoms with Gasteiger partial charge >= 0.3 is 0 Å². The van der Waals surface area contributed by atoms with Crippen molar-refractivity contribution < 1.29 is 9.21 Å². The fraction of sp³-hybridized carbons (Fsp3) is 0. The second-order valence-corrected chi connectivity index (χ2v) is 4.79. The second kappa shape index (κ2) is 6.01. The highest BCUT2D eigenvalue weighted by atomic mass is 127. The summed E-state index contributed by atoms with van der Waals surface area (Å²) in [6, 6.07) is 10.3. The second-order valence-electron chi connectivity index (χ2n) is 3.32. The van der Waals surface area contributed by atoms with Crippen LogP contribution in [-0.4, -0.2) is 12.1 Å². The van der Waals surface area contributed by atoms with E-state index in [1.54, 1.807) is 36.4 Å². The van der Waals surface area contributed by atoms with E-state index >= 15 is 0 Å². The summed E-state index contributed by atoms with van der Waals surface area (Å²) in [5, 5.41) is 4.18. The number of nitrogens with zero attached hydrogens (tertiary/aromatic N) is 1.